The molecule has 0 saturated carbocycles. The molecule has 6 heteroatoms. The van der Waals surface area contributed by atoms with E-state index in [0.29, 0.717) is 6.54 Å². The van der Waals surface area contributed by atoms with Gasteiger partial charge in [-0.1, -0.05) is 26.1 Å². The van der Waals surface area contributed by atoms with E-state index >= 15 is 0 Å². The van der Waals surface area contributed by atoms with E-state index in [4.69, 9.17) is 18.0 Å². The number of thiocarbonyl (C=S) groups is 1. The molecule has 1 saturated heterocycles. The van der Waals surface area contributed by atoms with Crippen LogP contribution in [0.4, 0.5) is 0 Å². The highest BCUT2D eigenvalue weighted by atomic mass is 32.2. The lowest BCUT2D eigenvalue weighted by atomic mass is 10.0. The van der Waals surface area contributed by atoms with Crippen LogP contribution in [0.2, 0.25) is 0 Å². The minimum Gasteiger partial charge on any atom is -0.392 e. The van der Waals surface area contributed by atoms with Crippen LogP contribution < -0.4 is 5.73 Å². The maximum Gasteiger partial charge on any atom is 0.214 e. The van der Waals surface area contributed by atoms with Gasteiger partial charge in [0.05, 0.1) is 16.8 Å². The van der Waals surface area contributed by atoms with Crippen molar-refractivity contribution in [3.8, 4) is 0 Å². The van der Waals surface area contributed by atoms with E-state index in [0.717, 1.165) is 12.8 Å². The molecule has 0 amide bonds. The summed E-state index contributed by atoms with van der Waals surface area (Å²) in [7, 11) is -3.15. The third-order valence-electron chi connectivity index (χ3n) is 2.62. The number of nitrogens with zero attached hydrogens (tertiary/aromatic N) is 1. The molecule has 0 spiro atoms. The van der Waals surface area contributed by atoms with Gasteiger partial charge in [0, 0.05) is 6.54 Å². The highest BCUT2D eigenvalue weighted by molar-refractivity contribution is 7.89. The standard InChI is InChI=1S/C9H18N2O2S2/c1-7(2)8(9(10)14)11-5-3-4-6-15(11,12)13/h7-8H,3-6H2,1-2H3,(H2,10,14). The van der Waals surface area contributed by atoms with Crippen molar-refractivity contribution in [1.82, 2.24) is 4.31 Å². The summed E-state index contributed by atoms with van der Waals surface area (Å²) in [6.45, 7) is 4.42. The van der Waals surface area contributed by atoms with Crippen LogP contribution >= 0.6 is 12.2 Å². The van der Waals surface area contributed by atoms with E-state index in [9.17, 15) is 8.42 Å². The van der Waals surface area contributed by atoms with Crippen LogP contribution in [0.25, 0.3) is 0 Å². The molecule has 4 nitrogen and oxygen atoms in total. The molecule has 0 aliphatic carbocycles. The highest BCUT2D eigenvalue weighted by Crippen LogP contribution is 2.21. The van der Waals surface area contributed by atoms with Crippen molar-refractivity contribution in [3.05, 3.63) is 0 Å². The highest BCUT2D eigenvalue weighted by Gasteiger charge is 2.35. The van der Waals surface area contributed by atoms with Crippen LogP contribution in [0.15, 0.2) is 0 Å². The molecule has 1 aliphatic heterocycles. The van der Waals surface area contributed by atoms with Gasteiger partial charge in [0.15, 0.2) is 0 Å². The minimum atomic E-state index is -3.15. The fraction of sp³-hybridized carbons (Fsp3) is 0.889. The summed E-state index contributed by atoms with van der Waals surface area (Å²) >= 11 is 4.95. The summed E-state index contributed by atoms with van der Waals surface area (Å²) in [5.74, 6) is 0.342. The zero-order valence-corrected chi connectivity index (χ0v) is 10.8. The van der Waals surface area contributed by atoms with Crippen molar-refractivity contribution >= 4 is 27.2 Å². The average molecular weight is 250 g/mol. The Labute approximate surface area is 96.9 Å². The van der Waals surface area contributed by atoms with E-state index in [-0.39, 0.29) is 22.7 Å². The molecule has 0 aromatic carbocycles. The summed E-state index contributed by atoms with van der Waals surface area (Å²) in [6, 6.07) is -0.328. The molecule has 2 N–H and O–H groups in total. The maximum atomic E-state index is 11.8. The Bertz CT molecular complexity index is 338. The van der Waals surface area contributed by atoms with Gasteiger partial charge in [-0.05, 0) is 18.8 Å². The first kappa shape index (κ1) is 12.9. The van der Waals surface area contributed by atoms with Crippen molar-refractivity contribution < 1.29 is 8.42 Å². The van der Waals surface area contributed by atoms with Crippen molar-refractivity contribution in [2.24, 2.45) is 11.7 Å². The molecule has 0 aromatic rings. The van der Waals surface area contributed by atoms with E-state index in [1.165, 1.54) is 4.31 Å². The van der Waals surface area contributed by atoms with E-state index in [2.05, 4.69) is 0 Å². The molecule has 1 atom stereocenters. The first-order chi connectivity index (χ1) is 6.86. The van der Waals surface area contributed by atoms with Gasteiger partial charge in [0.2, 0.25) is 10.0 Å². The third-order valence-corrected chi connectivity index (χ3v) is 4.79. The monoisotopic (exact) mass is 250 g/mol. The Balaban J connectivity index is 2.96. The number of rotatable bonds is 3. The molecule has 0 aromatic heterocycles. The summed E-state index contributed by atoms with van der Waals surface area (Å²) < 4.78 is 25.2. The molecule has 1 rings (SSSR count). The minimum absolute atomic E-state index is 0.121. The normalized spacial score (nSPS) is 23.9. The lowest BCUT2D eigenvalue weighted by Crippen LogP contribution is -2.52. The fourth-order valence-corrected chi connectivity index (χ4v) is 4.30. The first-order valence-electron chi connectivity index (χ1n) is 5.15. The molecule has 15 heavy (non-hydrogen) atoms. The molecule has 1 aliphatic rings. The third kappa shape index (κ3) is 2.89. The number of hydrogen-bond acceptors (Lipinski definition) is 3. The van der Waals surface area contributed by atoms with Crippen molar-refractivity contribution in [2.45, 2.75) is 32.7 Å². The van der Waals surface area contributed by atoms with Gasteiger partial charge in [-0.15, -0.1) is 0 Å². The van der Waals surface area contributed by atoms with Gasteiger partial charge in [-0.3, -0.25) is 0 Å². The zero-order chi connectivity index (χ0) is 11.6. The van der Waals surface area contributed by atoms with Crippen LogP contribution in [-0.2, 0) is 10.0 Å². The van der Waals surface area contributed by atoms with Gasteiger partial charge in [-0.2, -0.15) is 4.31 Å². The molecular weight excluding hydrogens is 232 g/mol. The van der Waals surface area contributed by atoms with Crippen molar-refractivity contribution in [1.29, 1.82) is 0 Å². The maximum absolute atomic E-state index is 11.8. The number of nitrogens with two attached hydrogens (primary N) is 1. The topological polar surface area (TPSA) is 63.4 Å². The van der Waals surface area contributed by atoms with Gasteiger partial charge < -0.3 is 5.73 Å². The fourth-order valence-electron chi connectivity index (χ4n) is 1.92. The van der Waals surface area contributed by atoms with Crippen LogP contribution in [0, 0.1) is 5.92 Å². The molecular formula is C9H18N2O2S2. The smallest absolute Gasteiger partial charge is 0.214 e. The molecule has 1 unspecified atom stereocenters. The van der Waals surface area contributed by atoms with Crippen LogP contribution in [0.3, 0.4) is 0 Å². The molecule has 1 heterocycles. The lowest BCUT2D eigenvalue weighted by Gasteiger charge is -2.35. The largest absolute Gasteiger partial charge is 0.392 e. The Morgan fingerprint density at radius 1 is 1.40 bits per heavy atom. The second kappa shape index (κ2) is 4.76. The number of hydrogen-bond donors (Lipinski definition) is 1. The summed E-state index contributed by atoms with van der Waals surface area (Å²) in [6.07, 6.45) is 1.63. The Kier molecular flexibility index (Phi) is 4.08. The van der Waals surface area contributed by atoms with Gasteiger partial charge in [-0.25, -0.2) is 8.42 Å². The zero-order valence-electron chi connectivity index (χ0n) is 9.14. The second-order valence-corrected chi connectivity index (χ2v) is 6.74. The van der Waals surface area contributed by atoms with Crippen LogP contribution in [0.5, 0.6) is 0 Å². The van der Waals surface area contributed by atoms with E-state index in [1.54, 1.807) is 0 Å². The van der Waals surface area contributed by atoms with Gasteiger partial charge in [0.25, 0.3) is 0 Å². The van der Waals surface area contributed by atoms with Crippen molar-refractivity contribution in [3.63, 3.8) is 0 Å². The van der Waals surface area contributed by atoms with E-state index < -0.39 is 10.0 Å². The van der Waals surface area contributed by atoms with Crippen LogP contribution in [-0.4, -0.2) is 36.1 Å². The Morgan fingerprint density at radius 2 is 2.00 bits per heavy atom. The van der Waals surface area contributed by atoms with Crippen LogP contribution in [0.1, 0.15) is 26.7 Å². The molecule has 0 radical (unpaired) electrons. The Hall–Kier alpha value is -0.200. The summed E-state index contributed by atoms with van der Waals surface area (Å²) in [4.78, 5) is 0.274. The predicted octanol–water partition coefficient (Wildman–Crippen LogP) is 0.723. The average Bonchev–Trinajstić information content (AvgIpc) is 2.06. The number of sulfonamides is 1. The first-order valence-corrected chi connectivity index (χ1v) is 7.17. The van der Waals surface area contributed by atoms with Gasteiger partial charge in [0.1, 0.15) is 0 Å². The lowest BCUT2D eigenvalue weighted by molar-refractivity contribution is 0.304. The summed E-state index contributed by atoms with van der Waals surface area (Å²) in [5, 5.41) is 0. The molecule has 1 fully saturated rings. The second-order valence-electron chi connectivity index (χ2n) is 4.23. The SMILES string of the molecule is CC(C)C(C(N)=S)N1CCCCS1(=O)=O. The molecule has 0 bridgehead atoms. The van der Waals surface area contributed by atoms with E-state index in [1.807, 2.05) is 13.8 Å². The van der Waals surface area contributed by atoms with Gasteiger partial charge >= 0.3 is 0 Å². The Morgan fingerprint density at radius 3 is 2.40 bits per heavy atom. The van der Waals surface area contributed by atoms with Crippen molar-refractivity contribution in [2.75, 3.05) is 12.3 Å². The predicted molar refractivity (Wildman–Crippen MR) is 65.1 cm³/mol. The quantitative estimate of drug-likeness (QED) is 0.750. The summed E-state index contributed by atoms with van der Waals surface area (Å²) in [5.41, 5.74) is 5.61. The molecule has 88 valence electrons.